The number of benzene rings is 2. The van der Waals surface area contributed by atoms with Gasteiger partial charge in [0.05, 0.1) is 25.1 Å². The predicted molar refractivity (Wildman–Crippen MR) is 140 cm³/mol. The van der Waals surface area contributed by atoms with Crippen LogP contribution in [0.5, 0.6) is 11.5 Å². The zero-order valence-electron chi connectivity index (χ0n) is 18.9. The van der Waals surface area contributed by atoms with Crippen LogP contribution in [0, 0.1) is 0 Å². The summed E-state index contributed by atoms with van der Waals surface area (Å²) in [6.07, 6.45) is 4.73. The lowest BCUT2D eigenvalue weighted by atomic mass is 10.1. The number of guanidine groups is 1. The van der Waals surface area contributed by atoms with Gasteiger partial charge in [-0.05, 0) is 50.1 Å². The number of hydrogen-bond donors (Lipinski definition) is 2. The van der Waals surface area contributed by atoms with Crippen LogP contribution >= 0.6 is 24.0 Å². The van der Waals surface area contributed by atoms with Gasteiger partial charge in [0.25, 0.3) is 0 Å². The van der Waals surface area contributed by atoms with Gasteiger partial charge in [0.15, 0.2) is 17.5 Å². The fourth-order valence-corrected chi connectivity index (χ4v) is 3.16. The Bertz CT molecular complexity index is 976. The Kier molecular flexibility index (Phi) is 10.9. The van der Waals surface area contributed by atoms with Crippen molar-refractivity contribution in [3.8, 4) is 17.2 Å². The number of nitrogens with one attached hydrogen (secondary N) is 2. The van der Waals surface area contributed by atoms with Gasteiger partial charge in [-0.2, -0.15) is 5.10 Å². The summed E-state index contributed by atoms with van der Waals surface area (Å²) in [5.74, 6) is 2.33. The molecule has 7 nitrogen and oxygen atoms in total. The molecule has 3 rings (SSSR count). The van der Waals surface area contributed by atoms with Crippen LogP contribution in [0.25, 0.3) is 5.69 Å². The maximum Gasteiger partial charge on any atom is 0.191 e. The van der Waals surface area contributed by atoms with Crippen LogP contribution in [0.3, 0.4) is 0 Å². The molecule has 0 unspecified atom stereocenters. The molecule has 0 radical (unpaired) electrons. The van der Waals surface area contributed by atoms with Crippen LogP contribution in [-0.4, -0.2) is 42.5 Å². The van der Waals surface area contributed by atoms with Crippen LogP contribution in [-0.2, 0) is 13.0 Å². The molecule has 1 aromatic heterocycles. The molecule has 0 saturated carbocycles. The highest BCUT2D eigenvalue weighted by molar-refractivity contribution is 14.0. The van der Waals surface area contributed by atoms with E-state index in [0.29, 0.717) is 19.8 Å². The highest BCUT2D eigenvalue weighted by Crippen LogP contribution is 2.28. The average molecular weight is 549 g/mol. The minimum Gasteiger partial charge on any atom is -0.490 e. The summed E-state index contributed by atoms with van der Waals surface area (Å²) in [6.45, 7) is 6.57. The lowest BCUT2D eigenvalue weighted by Crippen LogP contribution is -2.37. The van der Waals surface area contributed by atoms with E-state index >= 15 is 0 Å². The molecule has 0 aliphatic heterocycles. The van der Waals surface area contributed by atoms with Crippen LogP contribution in [0.15, 0.2) is 65.9 Å². The second-order valence-corrected chi connectivity index (χ2v) is 6.88. The molecule has 1 heterocycles. The Balaban J connectivity index is 0.00000363. The fourth-order valence-electron chi connectivity index (χ4n) is 3.16. The Morgan fingerprint density at radius 2 is 1.72 bits per heavy atom. The van der Waals surface area contributed by atoms with E-state index in [0.717, 1.165) is 41.7 Å². The van der Waals surface area contributed by atoms with Crippen molar-refractivity contribution in [3.63, 3.8) is 0 Å². The number of nitrogens with zero attached hydrogens (tertiary/aromatic N) is 3. The van der Waals surface area contributed by atoms with E-state index in [9.17, 15) is 0 Å². The van der Waals surface area contributed by atoms with E-state index in [-0.39, 0.29) is 24.0 Å². The predicted octanol–water partition coefficient (Wildman–Crippen LogP) is 4.20. The van der Waals surface area contributed by atoms with Crippen molar-refractivity contribution >= 4 is 29.9 Å². The standard InChI is InChI=1S/C24H31N5O2.HI/c1-4-30-22-12-11-19(15-23(22)31-5-2)13-14-26-24(25-3)27-16-20-17-28-29(18-20)21-9-7-6-8-10-21;/h6-12,15,17-18H,4-5,13-14,16H2,1-3H3,(H2,25,26,27);1H. The number of aromatic nitrogens is 2. The van der Waals surface area contributed by atoms with Gasteiger partial charge in [0.1, 0.15) is 0 Å². The van der Waals surface area contributed by atoms with E-state index in [1.165, 1.54) is 5.56 Å². The number of hydrogen-bond acceptors (Lipinski definition) is 4. The largest absolute Gasteiger partial charge is 0.490 e. The number of aliphatic imine (C=N–C) groups is 1. The third kappa shape index (κ3) is 7.44. The van der Waals surface area contributed by atoms with Gasteiger partial charge in [-0.25, -0.2) is 4.68 Å². The molecule has 0 saturated heterocycles. The molecule has 0 bridgehead atoms. The number of ether oxygens (including phenoxy) is 2. The topological polar surface area (TPSA) is 72.7 Å². The fraction of sp³-hybridized carbons (Fsp3) is 0.333. The highest BCUT2D eigenvalue weighted by atomic mass is 127. The molecule has 0 amide bonds. The van der Waals surface area contributed by atoms with Gasteiger partial charge in [0.2, 0.25) is 0 Å². The number of rotatable bonds is 10. The summed E-state index contributed by atoms with van der Waals surface area (Å²) in [5, 5.41) is 11.1. The maximum absolute atomic E-state index is 5.71. The maximum atomic E-state index is 5.71. The summed E-state index contributed by atoms with van der Waals surface area (Å²) in [6, 6.07) is 16.2. The van der Waals surface area contributed by atoms with E-state index < -0.39 is 0 Å². The molecule has 172 valence electrons. The van der Waals surface area contributed by atoms with E-state index in [2.05, 4.69) is 26.8 Å². The first-order valence-electron chi connectivity index (χ1n) is 10.7. The summed E-state index contributed by atoms with van der Waals surface area (Å²) in [5.41, 5.74) is 3.30. The Morgan fingerprint density at radius 3 is 2.44 bits per heavy atom. The van der Waals surface area contributed by atoms with E-state index in [1.807, 2.05) is 73.4 Å². The first-order chi connectivity index (χ1) is 15.2. The van der Waals surface area contributed by atoms with Crippen LogP contribution in [0.1, 0.15) is 25.0 Å². The highest BCUT2D eigenvalue weighted by Gasteiger charge is 2.07. The molecule has 8 heteroatoms. The monoisotopic (exact) mass is 549 g/mol. The molecule has 32 heavy (non-hydrogen) atoms. The summed E-state index contributed by atoms with van der Waals surface area (Å²) >= 11 is 0. The molecule has 2 aromatic carbocycles. The van der Waals surface area contributed by atoms with Gasteiger partial charge >= 0.3 is 0 Å². The molecular weight excluding hydrogens is 517 g/mol. The molecule has 0 atom stereocenters. The lowest BCUT2D eigenvalue weighted by molar-refractivity contribution is 0.287. The Labute approximate surface area is 207 Å². The van der Waals surface area contributed by atoms with Gasteiger partial charge in [-0.3, -0.25) is 4.99 Å². The van der Waals surface area contributed by atoms with Gasteiger partial charge in [0, 0.05) is 31.9 Å². The number of para-hydroxylation sites is 1. The van der Waals surface area contributed by atoms with Crippen LogP contribution in [0.2, 0.25) is 0 Å². The number of halogens is 1. The van der Waals surface area contributed by atoms with Gasteiger partial charge in [-0.1, -0.05) is 24.3 Å². The SMILES string of the molecule is CCOc1ccc(CCNC(=NC)NCc2cnn(-c3ccccc3)c2)cc1OCC.I. The normalized spacial score (nSPS) is 10.9. The average Bonchev–Trinajstić information content (AvgIpc) is 3.28. The minimum atomic E-state index is 0. The summed E-state index contributed by atoms with van der Waals surface area (Å²) in [7, 11) is 1.77. The molecule has 2 N–H and O–H groups in total. The second kappa shape index (κ2) is 13.6. The smallest absolute Gasteiger partial charge is 0.191 e. The third-order valence-electron chi connectivity index (χ3n) is 4.65. The summed E-state index contributed by atoms with van der Waals surface area (Å²) < 4.78 is 13.2. The molecule has 0 spiro atoms. The van der Waals surface area contributed by atoms with Crippen molar-refractivity contribution in [3.05, 3.63) is 72.1 Å². The Hall–Kier alpha value is -2.75. The second-order valence-electron chi connectivity index (χ2n) is 6.88. The van der Waals surface area contributed by atoms with Crippen molar-refractivity contribution in [2.75, 3.05) is 26.8 Å². The van der Waals surface area contributed by atoms with E-state index in [1.54, 1.807) is 7.05 Å². The molecule has 0 aliphatic carbocycles. The zero-order valence-corrected chi connectivity index (χ0v) is 21.2. The molecule has 0 fully saturated rings. The Morgan fingerprint density at radius 1 is 0.969 bits per heavy atom. The van der Waals surface area contributed by atoms with Crippen molar-refractivity contribution < 1.29 is 9.47 Å². The third-order valence-corrected chi connectivity index (χ3v) is 4.65. The van der Waals surface area contributed by atoms with Crippen molar-refractivity contribution in [1.29, 1.82) is 0 Å². The molecular formula is C24H32IN5O2. The van der Waals surface area contributed by atoms with Crippen LogP contribution < -0.4 is 20.1 Å². The van der Waals surface area contributed by atoms with Crippen molar-refractivity contribution in [2.24, 2.45) is 4.99 Å². The van der Waals surface area contributed by atoms with Gasteiger partial charge < -0.3 is 20.1 Å². The minimum absolute atomic E-state index is 0. The first-order valence-corrected chi connectivity index (χ1v) is 10.7. The zero-order chi connectivity index (χ0) is 21.9. The molecule has 3 aromatic rings. The molecule has 0 aliphatic rings. The lowest BCUT2D eigenvalue weighted by Gasteiger charge is -2.14. The van der Waals surface area contributed by atoms with Crippen LogP contribution in [0.4, 0.5) is 0 Å². The van der Waals surface area contributed by atoms with Gasteiger partial charge in [-0.15, -0.1) is 24.0 Å². The quantitative estimate of drug-likeness (QED) is 0.226. The first kappa shape index (κ1) is 25.5. The summed E-state index contributed by atoms with van der Waals surface area (Å²) in [4.78, 5) is 4.31. The van der Waals surface area contributed by atoms with Crippen molar-refractivity contribution in [2.45, 2.75) is 26.8 Å². The van der Waals surface area contributed by atoms with E-state index in [4.69, 9.17) is 9.47 Å². The van der Waals surface area contributed by atoms with Crippen molar-refractivity contribution in [1.82, 2.24) is 20.4 Å².